The van der Waals surface area contributed by atoms with Crippen molar-refractivity contribution < 1.29 is 28.6 Å². The minimum atomic E-state index is -1.56. The lowest BCUT2D eigenvalue weighted by Crippen LogP contribution is -2.52. The fourth-order valence-corrected chi connectivity index (χ4v) is 5.69. The van der Waals surface area contributed by atoms with Gasteiger partial charge in [-0.1, -0.05) is 109 Å². The lowest BCUT2D eigenvalue weighted by molar-refractivity contribution is -0.145. The van der Waals surface area contributed by atoms with Crippen molar-refractivity contribution in [2.45, 2.75) is 18.2 Å². The van der Waals surface area contributed by atoms with Gasteiger partial charge >= 0.3 is 17.9 Å². The van der Waals surface area contributed by atoms with Crippen LogP contribution in [0.2, 0.25) is 0 Å². The zero-order valence-corrected chi connectivity index (χ0v) is 24.8. The summed E-state index contributed by atoms with van der Waals surface area (Å²) in [5.74, 6) is -1.78. The van der Waals surface area contributed by atoms with Gasteiger partial charge in [0.2, 0.25) is 0 Å². The van der Waals surface area contributed by atoms with Crippen LogP contribution >= 0.6 is 0 Å². The summed E-state index contributed by atoms with van der Waals surface area (Å²) in [5.41, 5.74) is 2.48. The van der Waals surface area contributed by atoms with Gasteiger partial charge in [0.05, 0.1) is 19.8 Å². The van der Waals surface area contributed by atoms with Gasteiger partial charge in [-0.2, -0.15) is 0 Å². The second kappa shape index (κ2) is 13.4. The lowest BCUT2D eigenvalue weighted by Gasteiger charge is -2.50. The minimum Gasteiger partial charge on any atom is -0.468 e. The molecule has 222 valence electrons. The molecule has 0 saturated heterocycles. The highest BCUT2D eigenvalue weighted by Crippen LogP contribution is 2.60. The third-order valence-electron chi connectivity index (χ3n) is 7.67. The Morgan fingerprint density at radius 1 is 0.750 bits per heavy atom. The molecule has 0 radical (unpaired) electrons. The molecule has 0 aliphatic heterocycles. The molecule has 1 aliphatic rings. The molecule has 7 nitrogen and oxygen atoms in total. The molecule has 0 bridgehead atoms. The van der Waals surface area contributed by atoms with Crippen LogP contribution in [-0.2, 0) is 35.9 Å². The molecule has 0 saturated carbocycles. The quantitative estimate of drug-likeness (QED) is 0.128. The van der Waals surface area contributed by atoms with Crippen molar-refractivity contribution in [2.24, 2.45) is 0 Å². The van der Waals surface area contributed by atoms with E-state index < -0.39 is 29.6 Å². The standard InChI is InChI=1S/C37H33NO6/c1-38(25-26-16-8-4-9-17-26)34(36(41)43-3)32-30(24-31(39)42-2)37(29-22-14-7-15-23-29,33(32)27-18-10-5-11-19-27)44-35(40)28-20-12-6-13-21-28/h4-24,34H,25H2,1-3H3/b30-24+/t34-,37-/m0/s1. The molecule has 0 amide bonds. The third-order valence-corrected chi connectivity index (χ3v) is 7.67. The Kier molecular flexibility index (Phi) is 9.17. The molecule has 4 aromatic rings. The lowest BCUT2D eigenvalue weighted by atomic mass is 9.60. The number of carbonyl (C=O) groups excluding carboxylic acids is 3. The molecule has 0 heterocycles. The van der Waals surface area contributed by atoms with E-state index in [1.54, 1.807) is 24.3 Å². The first-order valence-corrected chi connectivity index (χ1v) is 14.2. The third kappa shape index (κ3) is 5.82. The van der Waals surface area contributed by atoms with Crippen LogP contribution in [0, 0.1) is 0 Å². The van der Waals surface area contributed by atoms with E-state index in [-0.39, 0.29) is 0 Å². The van der Waals surface area contributed by atoms with E-state index in [9.17, 15) is 14.4 Å². The maximum atomic E-state index is 13.9. The summed E-state index contributed by atoms with van der Waals surface area (Å²) in [7, 11) is 4.42. The second-order valence-corrected chi connectivity index (χ2v) is 10.4. The normalized spacial score (nSPS) is 17.5. The van der Waals surface area contributed by atoms with Crippen LogP contribution in [0.25, 0.3) is 5.57 Å². The van der Waals surface area contributed by atoms with Crippen molar-refractivity contribution in [3.8, 4) is 0 Å². The summed E-state index contributed by atoms with van der Waals surface area (Å²) in [6.07, 6.45) is 1.30. The first-order chi connectivity index (χ1) is 21.4. The molecule has 0 aromatic heterocycles. The van der Waals surface area contributed by atoms with Gasteiger partial charge < -0.3 is 14.2 Å². The number of hydrogen-bond acceptors (Lipinski definition) is 7. The van der Waals surface area contributed by atoms with Crippen LogP contribution in [-0.4, -0.2) is 50.1 Å². The summed E-state index contributed by atoms with van der Waals surface area (Å²) in [4.78, 5) is 42.4. The van der Waals surface area contributed by atoms with Gasteiger partial charge in [0.25, 0.3) is 0 Å². The number of nitrogens with zero attached hydrogens (tertiary/aromatic N) is 1. The molecule has 2 atom stereocenters. The van der Waals surface area contributed by atoms with E-state index >= 15 is 0 Å². The SMILES string of the molecule is COC(=O)/C=C1\C([C@@H](C(=O)OC)N(C)Cc2ccccc2)=C(c2ccccc2)[C@]1(OC(=O)c1ccccc1)c1ccccc1. The Balaban J connectivity index is 1.82. The van der Waals surface area contributed by atoms with Crippen LogP contribution in [0.1, 0.15) is 27.0 Å². The maximum Gasteiger partial charge on any atom is 0.339 e. The van der Waals surface area contributed by atoms with E-state index in [0.29, 0.717) is 34.4 Å². The Bertz CT molecular complexity index is 1680. The predicted octanol–water partition coefficient (Wildman–Crippen LogP) is 5.98. The van der Waals surface area contributed by atoms with Gasteiger partial charge in [0.1, 0.15) is 6.04 Å². The van der Waals surface area contributed by atoms with Crippen LogP contribution in [0.4, 0.5) is 0 Å². The molecule has 0 N–H and O–H groups in total. The molecule has 0 spiro atoms. The van der Waals surface area contributed by atoms with Gasteiger partial charge in [-0.3, -0.25) is 4.90 Å². The maximum absolute atomic E-state index is 13.9. The summed E-state index contributed by atoms with van der Waals surface area (Å²) < 4.78 is 16.9. The smallest absolute Gasteiger partial charge is 0.339 e. The van der Waals surface area contributed by atoms with Gasteiger partial charge in [-0.15, -0.1) is 0 Å². The molecule has 5 rings (SSSR count). The average Bonchev–Trinajstić information content (AvgIpc) is 3.07. The fourth-order valence-electron chi connectivity index (χ4n) is 5.69. The highest BCUT2D eigenvalue weighted by Gasteiger charge is 2.58. The number of benzene rings is 4. The predicted molar refractivity (Wildman–Crippen MR) is 167 cm³/mol. The number of rotatable bonds is 10. The second-order valence-electron chi connectivity index (χ2n) is 10.4. The Morgan fingerprint density at radius 2 is 1.30 bits per heavy atom. The number of esters is 3. The average molecular weight is 588 g/mol. The molecule has 4 aromatic carbocycles. The van der Waals surface area contributed by atoms with Gasteiger partial charge in [0, 0.05) is 29.3 Å². The Labute approximate surface area is 257 Å². The van der Waals surface area contributed by atoms with Crippen LogP contribution < -0.4 is 0 Å². The molecular formula is C37H33NO6. The molecular weight excluding hydrogens is 554 g/mol. The van der Waals surface area contributed by atoms with E-state index in [1.165, 1.54) is 20.3 Å². The van der Waals surface area contributed by atoms with Crippen molar-refractivity contribution in [1.82, 2.24) is 4.90 Å². The molecule has 44 heavy (non-hydrogen) atoms. The number of methoxy groups -OCH3 is 2. The van der Waals surface area contributed by atoms with E-state index in [0.717, 1.165) is 11.1 Å². The van der Waals surface area contributed by atoms with E-state index in [2.05, 4.69) is 0 Å². The first-order valence-electron chi connectivity index (χ1n) is 14.2. The minimum absolute atomic E-state index is 0.328. The van der Waals surface area contributed by atoms with Crippen molar-refractivity contribution in [3.05, 3.63) is 161 Å². The van der Waals surface area contributed by atoms with Crippen LogP contribution in [0.3, 0.4) is 0 Å². The molecule has 1 aliphatic carbocycles. The zero-order valence-electron chi connectivity index (χ0n) is 24.8. The fraction of sp³-hybridized carbons (Fsp3) is 0.162. The highest BCUT2D eigenvalue weighted by molar-refractivity contribution is 6.03. The highest BCUT2D eigenvalue weighted by atomic mass is 16.6. The summed E-state index contributed by atoms with van der Waals surface area (Å²) >= 11 is 0. The first kappa shape index (κ1) is 30.2. The van der Waals surface area contributed by atoms with E-state index in [1.807, 2.05) is 109 Å². The van der Waals surface area contributed by atoms with Crippen molar-refractivity contribution in [1.29, 1.82) is 0 Å². The van der Waals surface area contributed by atoms with Crippen LogP contribution in [0.5, 0.6) is 0 Å². The Morgan fingerprint density at radius 3 is 1.86 bits per heavy atom. The van der Waals surface area contributed by atoms with Crippen LogP contribution in [0.15, 0.2) is 139 Å². The van der Waals surface area contributed by atoms with Crippen molar-refractivity contribution in [3.63, 3.8) is 0 Å². The van der Waals surface area contributed by atoms with Crippen molar-refractivity contribution >= 4 is 23.5 Å². The monoisotopic (exact) mass is 587 g/mol. The molecule has 0 fully saturated rings. The number of carbonyl (C=O) groups is 3. The van der Waals surface area contributed by atoms with E-state index in [4.69, 9.17) is 14.2 Å². The summed E-state index contributed by atoms with van der Waals surface area (Å²) in [6, 6.07) is 36.0. The van der Waals surface area contributed by atoms with Gasteiger partial charge in [-0.05, 0) is 35.9 Å². The number of hydrogen-bond donors (Lipinski definition) is 0. The van der Waals surface area contributed by atoms with Gasteiger partial charge in [0.15, 0.2) is 5.60 Å². The largest absolute Gasteiger partial charge is 0.468 e. The number of ether oxygens (including phenoxy) is 3. The molecule has 0 unspecified atom stereocenters. The zero-order chi connectivity index (χ0) is 31.1. The van der Waals surface area contributed by atoms with Crippen molar-refractivity contribution in [2.75, 3.05) is 21.3 Å². The topological polar surface area (TPSA) is 82.1 Å². The Hall–Kier alpha value is -5.27. The number of likely N-dealkylation sites (N-methyl/N-ethyl adjacent to an activating group) is 1. The molecule has 7 heteroatoms. The van der Waals surface area contributed by atoms with Gasteiger partial charge in [-0.25, -0.2) is 14.4 Å². The summed E-state index contributed by atoms with van der Waals surface area (Å²) in [5, 5.41) is 0. The summed E-state index contributed by atoms with van der Waals surface area (Å²) in [6.45, 7) is 0.403.